The summed E-state index contributed by atoms with van der Waals surface area (Å²) in [4.78, 5) is 23.6. The van der Waals surface area contributed by atoms with Gasteiger partial charge in [0.2, 0.25) is 0 Å². The molecule has 1 aromatic carbocycles. The minimum Gasteiger partial charge on any atom is -0.365 e. The van der Waals surface area contributed by atoms with E-state index in [4.69, 9.17) is 17.3 Å². The number of hydrogen-bond acceptors (Lipinski definition) is 3. The van der Waals surface area contributed by atoms with Crippen molar-refractivity contribution in [1.29, 1.82) is 0 Å². The zero-order chi connectivity index (χ0) is 15.7. The van der Waals surface area contributed by atoms with Gasteiger partial charge in [0.25, 0.3) is 11.5 Å². The number of benzene rings is 1. The number of anilines is 2. The largest absolute Gasteiger partial charge is 0.365 e. The van der Waals surface area contributed by atoms with Crippen molar-refractivity contribution in [3.05, 3.63) is 55.2 Å². The van der Waals surface area contributed by atoms with E-state index in [9.17, 15) is 9.59 Å². The number of carbonyl (C=O) groups excluding carboxylic acids is 1. The first-order valence-electron chi connectivity index (χ1n) is 6.03. The summed E-state index contributed by atoms with van der Waals surface area (Å²) in [5.74, 6) is -0.313. The van der Waals surface area contributed by atoms with E-state index in [-0.39, 0.29) is 11.1 Å². The second kappa shape index (κ2) is 5.91. The van der Waals surface area contributed by atoms with Crippen LogP contribution in [0.1, 0.15) is 15.9 Å². The molecule has 7 heteroatoms. The van der Waals surface area contributed by atoms with E-state index >= 15 is 0 Å². The topological polar surface area (TPSA) is 77.1 Å². The van der Waals surface area contributed by atoms with Crippen molar-refractivity contribution >= 4 is 44.9 Å². The van der Waals surface area contributed by atoms with E-state index in [1.165, 1.54) is 10.6 Å². The van der Waals surface area contributed by atoms with Crippen LogP contribution < -0.4 is 16.6 Å². The molecule has 1 amide bonds. The van der Waals surface area contributed by atoms with Crippen molar-refractivity contribution in [2.24, 2.45) is 12.8 Å². The molecule has 21 heavy (non-hydrogen) atoms. The maximum absolute atomic E-state index is 12.0. The standard InChI is InChI=1S/C14H13BrClN3O2/c1-7-5-9(12(17)20)13(19(2)14(7)21)18-11-4-3-8(15)6-10(11)16/h3-6,18H,1-2H3,(H2,17,20). The molecule has 0 aliphatic carbocycles. The number of pyridine rings is 1. The predicted octanol–water partition coefficient (Wildman–Crippen LogP) is 2.95. The molecule has 1 aromatic heterocycles. The summed E-state index contributed by atoms with van der Waals surface area (Å²) in [5, 5.41) is 3.45. The van der Waals surface area contributed by atoms with Crippen LogP contribution in [0.25, 0.3) is 0 Å². The van der Waals surface area contributed by atoms with Gasteiger partial charge in [-0.25, -0.2) is 0 Å². The highest BCUT2D eigenvalue weighted by Gasteiger charge is 2.15. The molecule has 0 aliphatic heterocycles. The molecule has 0 saturated carbocycles. The Kier molecular flexibility index (Phi) is 4.39. The second-order valence-electron chi connectivity index (χ2n) is 4.57. The summed E-state index contributed by atoms with van der Waals surface area (Å²) in [5.41, 5.74) is 6.42. The Labute approximate surface area is 134 Å². The number of hydrogen-bond donors (Lipinski definition) is 2. The minimum atomic E-state index is -0.621. The smallest absolute Gasteiger partial charge is 0.254 e. The summed E-state index contributed by atoms with van der Waals surface area (Å²) >= 11 is 9.45. The lowest BCUT2D eigenvalue weighted by molar-refractivity contribution is 0.100. The number of nitrogens with zero attached hydrogens (tertiary/aromatic N) is 1. The summed E-state index contributed by atoms with van der Waals surface area (Å²) < 4.78 is 2.17. The van der Waals surface area contributed by atoms with Gasteiger partial charge in [-0.2, -0.15) is 0 Å². The highest BCUT2D eigenvalue weighted by molar-refractivity contribution is 9.10. The number of rotatable bonds is 3. The molecular formula is C14H13BrClN3O2. The van der Waals surface area contributed by atoms with Gasteiger partial charge >= 0.3 is 0 Å². The molecular weight excluding hydrogens is 358 g/mol. The molecule has 3 N–H and O–H groups in total. The second-order valence-corrected chi connectivity index (χ2v) is 5.89. The first kappa shape index (κ1) is 15.6. The predicted molar refractivity (Wildman–Crippen MR) is 87.4 cm³/mol. The average molecular weight is 371 g/mol. The Bertz CT molecular complexity index is 787. The SMILES string of the molecule is Cc1cc(C(N)=O)c(Nc2ccc(Br)cc2Cl)n(C)c1=O. The number of aromatic nitrogens is 1. The van der Waals surface area contributed by atoms with Gasteiger partial charge in [-0.3, -0.25) is 14.2 Å². The number of nitrogens with two attached hydrogens (primary N) is 1. The number of nitrogens with one attached hydrogen (secondary N) is 1. The monoisotopic (exact) mass is 369 g/mol. The molecule has 0 unspecified atom stereocenters. The van der Waals surface area contributed by atoms with E-state index in [1.54, 1.807) is 32.2 Å². The lowest BCUT2D eigenvalue weighted by Crippen LogP contribution is -2.26. The van der Waals surface area contributed by atoms with Crippen molar-refractivity contribution in [3.63, 3.8) is 0 Å². The molecule has 0 aliphatic rings. The van der Waals surface area contributed by atoms with Gasteiger partial charge in [-0.1, -0.05) is 27.5 Å². The summed E-state index contributed by atoms with van der Waals surface area (Å²) in [7, 11) is 1.57. The van der Waals surface area contributed by atoms with Gasteiger partial charge in [0.1, 0.15) is 5.82 Å². The minimum absolute atomic E-state index is 0.212. The third-order valence-electron chi connectivity index (χ3n) is 3.04. The molecule has 5 nitrogen and oxygen atoms in total. The van der Waals surface area contributed by atoms with Crippen LogP contribution in [0.15, 0.2) is 33.5 Å². The van der Waals surface area contributed by atoms with Gasteiger partial charge < -0.3 is 11.1 Å². The maximum Gasteiger partial charge on any atom is 0.254 e. The number of carbonyl (C=O) groups is 1. The van der Waals surface area contributed by atoms with E-state index in [0.29, 0.717) is 22.1 Å². The number of aryl methyl sites for hydroxylation is 1. The van der Waals surface area contributed by atoms with Crippen molar-refractivity contribution in [1.82, 2.24) is 4.57 Å². The third-order valence-corrected chi connectivity index (χ3v) is 3.85. The van der Waals surface area contributed by atoms with Gasteiger partial charge in [-0.05, 0) is 31.2 Å². The first-order valence-corrected chi connectivity index (χ1v) is 7.21. The van der Waals surface area contributed by atoms with Crippen LogP contribution in [0, 0.1) is 6.92 Å². The molecule has 0 bridgehead atoms. The van der Waals surface area contributed by atoms with Crippen LogP contribution in [-0.4, -0.2) is 10.5 Å². The lowest BCUT2D eigenvalue weighted by Gasteiger charge is -2.16. The Morgan fingerprint density at radius 3 is 2.62 bits per heavy atom. The molecule has 2 aromatic rings. The van der Waals surface area contributed by atoms with Crippen LogP contribution in [0.2, 0.25) is 5.02 Å². The van der Waals surface area contributed by atoms with E-state index < -0.39 is 5.91 Å². The zero-order valence-corrected chi connectivity index (χ0v) is 13.7. The summed E-state index contributed by atoms with van der Waals surface area (Å²) in [6.07, 6.45) is 0. The highest BCUT2D eigenvalue weighted by atomic mass is 79.9. The van der Waals surface area contributed by atoms with Crippen LogP contribution >= 0.6 is 27.5 Å². The third kappa shape index (κ3) is 3.11. The van der Waals surface area contributed by atoms with Crippen LogP contribution in [-0.2, 0) is 7.05 Å². The van der Waals surface area contributed by atoms with Crippen molar-refractivity contribution in [2.75, 3.05) is 5.32 Å². The molecule has 0 radical (unpaired) electrons. The van der Waals surface area contributed by atoms with E-state index in [1.807, 2.05) is 0 Å². The summed E-state index contributed by atoms with van der Waals surface area (Å²) in [6.45, 7) is 1.63. The Morgan fingerprint density at radius 2 is 2.05 bits per heavy atom. The van der Waals surface area contributed by atoms with Crippen molar-refractivity contribution in [2.45, 2.75) is 6.92 Å². The van der Waals surface area contributed by atoms with E-state index in [0.717, 1.165) is 4.47 Å². The molecule has 0 atom stereocenters. The van der Waals surface area contributed by atoms with Gasteiger partial charge in [-0.15, -0.1) is 0 Å². The van der Waals surface area contributed by atoms with Crippen molar-refractivity contribution in [3.8, 4) is 0 Å². The van der Waals surface area contributed by atoms with Gasteiger partial charge in [0.15, 0.2) is 0 Å². The Hall–Kier alpha value is -1.79. The van der Waals surface area contributed by atoms with Crippen molar-refractivity contribution < 1.29 is 4.79 Å². The van der Waals surface area contributed by atoms with Crippen LogP contribution in [0.4, 0.5) is 11.5 Å². The molecule has 1 heterocycles. The van der Waals surface area contributed by atoms with Gasteiger partial charge in [0, 0.05) is 17.1 Å². The molecule has 0 spiro atoms. The fourth-order valence-corrected chi connectivity index (χ4v) is 2.67. The summed E-state index contributed by atoms with van der Waals surface area (Å²) in [6, 6.07) is 6.71. The van der Waals surface area contributed by atoms with Crippen LogP contribution in [0.3, 0.4) is 0 Å². The molecule has 2 rings (SSSR count). The fourth-order valence-electron chi connectivity index (χ4n) is 1.95. The number of halogens is 2. The quantitative estimate of drug-likeness (QED) is 0.872. The maximum atomic E-state index is 12.0. The van der Waals surface area contributed by atoms with Crippen LogP contribution in [0.5, 0.6) is 0 Å². The first-order chi connectivity index (χ1) is 9.81. The van der Waals surface area contributed by atoms with E-state index in [2.05, 4.69) is 21.2 Å². The molecule has 0 saturated heterocycles. The lowest BCUT2D eigenvalue weighted by atomic mass is 10.1. The fraction of sp³-hybridized carbons (Fsp3) is 0.143. The normalized spacial score (nSPS) is 10.5. The molecule has 0 fully saturated rings. The number of amides is 1. The Morgan fingerprint density at radius 1 is 1.38 bits per heavy atom. The molecule has 110 valence electrons. The average Bonchev–Trinajstić information content (AvgIpc) is 2.41. The van der Waals surface area contributed by atoms with Gasteiger partial charge in [0.05, 0.1) is 16.3 Å². The zero-order valence-electron chi connectivity index (χ0n) is 11.4. The highest BCUT2D eigenvalue weighted by Crippen LogP contribution is 2.29. The number of primary amides is 1. The Balaban J connectivity index is 2.60.